The maximum atomic E-state index is 13.6. The number of thiophene rings is 1. The highest BCUT2D eigenvalue weighted by Gasteiger charge is 2.38. The largest absolute Gasteiger partial charge is 0.379 e. The summed E-state index contributed by atoms with van der Waals surface area (Å²) in [6.45, 7) is 4.90. The molecule has 2 fully saturated rings. The molecule has 2 aromatic carbocycles. The number of ketones is 1. The summed E-state index contributed by atoms with van der Waals surface area (Å²) in [6.07, 6.45) is 2.23. The van der Waals surface area contributed by atoms with Gasteiger partial charge in [0.1, 0.15) is 4.21 Å². The third-order valence-corrected chi connectivity index (χ3v) is 11.1. The highest BCUT2D eigenvalue weighted by molar-refractivity contribution is 7.91. The van der Waals surface area contributed by atoms with Gasteiger partial charge in [0.2, 0.25) is 0 Å². The Morgan fingerprint density at radius 2 is 1.84 bits per heavy atom. The van der Waals surface area contributed by atoms with E-state index in [4.69, 9.17) is 4.74 Å². The highest BCUT2D eigenvalue weighted by Crippen LogP contribution is 2.39. The van der Waals surface area contributed by atoms with E-state index >= 15 is 0 Å². The molecule has 3 aromatic rings. The molecule has 1 unspecified atom stereocenters. The lowest BCUT2D eigenvalue weighted by atomic mass is 9.93. The molecule has 3 aliphatic rings. The topological polar surface area (TPSA) is 87.2 Å². The van der Waals surface area contributed by atoms with Crippen LogP contribution < -0.4 is 4.90 Å². The van der Waals surface area contributed by atoms with Gasteiger partial charge in [0.25, 0.3) is 15.9 Å². The van der Waals surface area contributed by atoms with Crippen LogP contribution in [0.15, 0.2) is 52.1 Å². The van der Waals surface area contributed by atoms with E-state index in [0.29, 0.717) is 38.3 Å². The number of anilines is 1. The first kappa shape index (κ1) is 25.6. The van der Waals surface area contributed by atoms with Gasteiger partial charge in [-0.05, 0) is 47.4 Å². The summed E-state index contributed by atoms with van der Waals surface area (Å²) in [7, 11) is -3.71. The van der Waals surface area contributed by atoms with Crippen LogP contribution in [0.5, 0.6) is 0 Å². The number of amides is 1. The van der Waals surface area contributed by atoms with E-state index in [9.17, 15) is 18.0 Å². The van der Waals surface area contributed by atoms with E-state index in [0.717, 1.165) is 54.5 Å². The van der Waals surface area contributed by atoms with Gasteiger partial charge < -0.3 is 9.64 Å². The van der Waals surface area contributed by atoms with E-state index in [-0.39, 0.29) is 22.3 Å². The van der Waals surface area contributed by atoms with Crippen LogP contribution in [0.25, 0.3) is 10.8 Å². The normalized spacial score (nSPS) is 20.9. The summed E-state index contributed by atoms with van der Waals surface area (Å²) in [4.78, 5) is 31.1. The van der Waals surface area contributed by atoms with Crippen molar-refractivity contribution in [2.45, 2.75) is 35.9 Å². The number of ether oxygens (including phenoxy) is 1. The number of carbonyl (C=O) groups is 2. The number of morpholine rings is 1. The molecule has 38 heavy (non-hydrogen) atoms. The summed E-state index contributed by atoms with van der Waals surface area (Å²) in [5.41, 5.74) is 2.37. The molecule has 0 radical (unpaired) electrons. The van der Waals surface area contributed by atoms with Crippen LogP contribution >= 0.6 is 11.3 Å². The van der Waals surface area contributed by atoms with Crippen LogP contribution in [0, 0.1) is 0 Å². The summed E-state index contributed by atoms with van der Waals surface area (Å²) in [5, 5.41) is 3.52. The second-order valence-electron chi connectivity index (χ2n) is 10.1. The smallest absolute Gasteiger partial charge is 0.259 e. The summed E-state index contributed by atoms with van der Waals surface area (Å²) >= 11 is 1.18. The van der Waals surface area contributed by atoms with Gasteiger partial charge in [-0.1, -0.05) is 30.7 Å². The zero-order valence-electron chi connectivity index (χ0n) is 21.2. The van der Waals surface area contributed by atoms with E-state index in [1.54, 1.807) is 17.5 Å². The molecule has 0 saturated carbocycles. The molecule has 4 heterocycles. The van der Waals surface area contributed by atoms with Crippen molar-refractivity contribution in [2.24, 2.45) is 0 Å². The number of benzene rings is 2. The molecular weight excluding hydrogens is 522 g/mol. The summed E-state index contributed by atoms with van der Waals surface area (Å²) < 4.78 is 33.7. The second-order valence-corrected chi connectivity index (χ2v) is 13.2. The molecule has 0 spiro atoms. The fraction of sp³-hybridized carbons (Fsp3) is 0.429. The molecule has 6 rings (SSSR count). The molecule has 0 bridgehead atoms. The van der Waals surface area contributed by atoms with Crippen molar-refractivity contribution < 1.29 is 22.7 Å². The Hall–Kier alpha value is -2.63. The van der Waals surface area contributed by atoms with Gasteiger partial charge in [0, 0.05) is 50.1 Å². The Bertz CT molecular complexity index is 1470. The number of hydrogen-bond acceptors (Lipinski definition) is 7. The number of hydrogen-bond donors (Lipinski definition) is 0. The van der Waals surface area contributed by atoms with Crippen molar-refractivity contribution in [1.29, 1.82) is 0 Å². The van der Waals surface area contributed by atoms with Crippen LogP contribution in [0.3, 0.4) is 0 Å². The zero-order chi connectivity index (χ0) is 26.3. The van der Waals surface area contributed by atoms with Crippen LogP contribution in [0.1, 0.15) is 35.2 Å². The molecule has 8 nitrogen and oxygen atoms in total. The molecule has 3 aliphatic heterocycles. The third kappa shape index (κ3) is 4.58. The predicted octanol–water partition coefficient (Wildman–Crippen LogP) is 3.55. The maximum absolute atomic E-state index is 13.6. The third-order valence-electron chi connectivity index (χ3n) is 7.87. The van der Waals surface area contributed by atoms with E-state index < -0.39 is 16.1 Å². The number of sulfonamides is 1. The van der Waals surface area contributed by atoms with Gasteiger partial charge >= 0.3 is 0 Å². The van der Waals surface area contributed by atoms with Gasteiger partial charge in [0.15, 0.2) is 5.78 Å². The highest BCUT2D eigenvalue weighted by atomic mass is 32.2. The van der Waals surface area contributed by atoms with Crippen molar-refractivity contribution in [1.82, 2.24) is 9.21 Å². The Balaban J connectivity index is 1.26. The van der Waals surface area contributed by atoms with E-state index in [1.165, 1.54) is 15.6 Å². The lowest BCUT2D eigenvalue weighted by Gasteiger charge is -2.33. The van der Waals surface area contributed by atoms with Gasteiger partial charge in [-0.25, -0.2) is 8.42 Å². The van der Waals surface area contributed by atoms with Gasteiger partial charge in [0.05, 0.1) is 24.9 Å². The molecule has 10 heteroatoms. The molecule has 1 atom stereocenters. The second kappa shape index (κ2) is 10.5. The number of rotatable bonds is 8. The molecular formula is C28H31N3O5S2. The number of carbonyl (C=O) groups excluding carboxylic acids is 2. The quantitative estimate of drug-likeness (QED) is 0.424. The minimum Gasteiger partial charge on any atom is -0.379 e. The summed E-state index contributed by atoms with van der Waals surface area (Å²) in [5.74, 6) is -0.109. The molecule has 1 amide bonds. The first-order valence-corrected chi connectivity index (χ1v) is 15.5. The first-order valence-electron chi connectivity index (χ1n) is 13.2. The predicted molar refractivity (Wildman–Crippen MR) is 147 cm³/mol. The Labute approximate surface area is 226 Å². The van der Waals surface area contributed by atoms with Crippen molar-refractivity contribution in [2.75, 3.05) is 50.8 Å². The SMILES string of the molecule is O=C(Cc1ccc2c3c(cccc13)C(=O)N2CCN1CCOCC1)C1CCCCN1S(=O)(=O)c1cccs1. The average molecular weight is 554 g/mol. The lowest BCUT2D eigenvalue weighted by Crippen LogP contribution is -2.48. The standard InChI is InChI=1S/C28H31N3O5S2/c32-25(23-7-1-2-11-31(23)38(34,35)26-8-4-18-37-26)19-20-9-10-24-27-21(20)5-3-6-22(27)28(33)30(24)13-12-29-14-16-36-17-15-29/h3-6,8-10,18,23H,1-2,7,11-17,19H2. The van der Waals surface area contributed by atoms with Crippen LogP contribution in [-0.2, 0) is 26.0 Å². The van der Waals surface area contributed by atoms with Gasteiger partial charge in [-0.3, -0.25) is 14.5 Å². The monoisotopic (exact) mass is 553 g/mol. The van der Waals surface area contributed by atoms with Crippen molar-refractivity contribution in [3.63, 3.8) is 0 Å². The van der Waals surface area contributed by atoms with Gasteiger partial charge in [-0.15, -0.1) is 11.3 Å². The van der Waals surface area contributed by atoms with E-state index in [1.807, 2.05) is 35.2 Å². The first-order chi connectivity index (χ1) is 18.4. The van der Waals surface area contributed by atoms with Crippen molar-refractivity contribution in [3.8, 4) is 0 Å². The number of Topliss-reactive ketones (excluding diaryl/α,β-unsaturated/α-hetero) is 1. The lowest BCUT2D eigenvalue weighted by molar-refractivity contribution is -0.122. The molecule has 0 N–H and O–H groups in total. The number of piperidine rings is 1. The van der Waals surface area contributed by atoms with E-state index in [2.05, 4.69) is 4.90 Å². The zero-order valence-corrected chi connectivity index (χ0v) is 22.8. The Morgan fingerprint density at radius 3 is 2.63 bits per heavy atom. The molecule has 2 saturated heterocycles. The minimum absolute atomic E-state index is 0.0113. The van der Waals surface area contributed by atoms with Gasteiger partial charge in [-0.2, -0.15) is 4.31 Å². The van der Waals surface area contributed by atoms with Crippen molar-refractivity contribution >= 4 is 49.5 Å². The minimum atomic E-state index is -3.71. The van der Waals surface area contributed by atoms with Crippen LogP contribution in [0.2, 0.25) is 0 Å². The molecule has 200 valence electrons. The molecule has 1 aromatic heterocycles. The van der Waals surface area contributed by atoms with Crippen LogP contribution in [-0.4, -0.2) is 81.3 Å². The van der Waals surface area contributed by atoms with Crippen LogP contribution in [0.4, 0.5) is 5.69 Å². The maximum Gasteiger partial charge on any atom is 0.259 e. The summed E-state index contributed by atoms with van der Waals surface area (Å²) in [6, 6.07) is 12.2. The molecule has 0 aliphatic carbocycles. The number of nitrogens with zero attached hydrogens (tertiary/aromatic N) is 3. The fourth-order valence-corrected chi connectivity index (χ4v) is 8.69. The Morgan fingerprint density at radius 1 is 1.00 bits per heavy atom. The Kier molecular flexibility index (Phi) is 7.09. The fourth-order valence-electron chi connectivity index (χ4n) is 5.89. The van der Waals surface area contributed by atoms with Crippen molar-refractivity contribution in [3.05, 3.63) is 59.0 Å². The average Bonchev–Trinajstić information content (AvgIpc) is 3.58.